The van der Waals surface area contributed by atoms with E-state index in [4.69, 9.17) is 5.11 Å². The minimum Gasteiger partial charge on any atom is -0.481 e. The van der Waals surface area contributed by atoms with Gasteiger partial charge in [-0.3, -0.25) is 9.59 Å². The fraction of sp³-hybridized carbons (Fsp3) is 0.400. The summed E-state index contributed by atoms with van der Waals surface area (Å²) in [7, 11) is 1.68. The van der Waals surface area contributed by atoms with Crippen LogP contribution in [0.5, 0.6) is 0 Å². The molecule has 0 radical (unpaired) electrons. The third-order valence-corrected chi connectivity index (χ3v) is 3.55. The molecular formula is C10H12BrNO3S. The molecule has 1 amide bonds. The molecule has 0 fully saturated rings. The van der Waals surface area contributed by atoms with Gasteiger partial charge in [0.05, 0.1) is 9.35 Å². The van der Waals surface area contributed by atoms with Gasteiger partial charge in [0.1, 0.15) is 0 Å². The standard InChI is InChI=1S/C10H12BrNO3S/c1-12(4-2-3-9(13)14)10(15)7-5-8(11)16-6-7/h5-6H,2-4H2,1H3,(H,13,14). The van der Waals surface area contributed by atoms with Crippen LogP contribution in [0.2, 0.25) is 0 Å². The van der Waals surface area contributed by atoms with Crippen molar-refractivity contribution < 1.29 is 14.7 Å². The van der Waals surface area contributed by atoms with E-state index in [1.54, 1.807) is 18.5 Å². The Morgan fingerprint density at radius 1 is 1.56 bits per heavy atom. The van der Waals surface area contributed by atoms with E-state index in [1.807, 2.05) is 0 Å². The predicted molar refractivity (Wildman–Crippen MR) is 65.8 cm³/mol. The Morgan fingerprint density at radius 2 is 2.25 bits per heavy atom. The lowest BCUT2D eigenvalue weighted by atomic mass is 10.2. The molecule has 0 spiro atoms. The minimum atomic E-state index is -0.834. The summed E-state index contributed by atoms with van der Waals surface area (Å²) in [5.41, 5.74) is 0.634. The topological polar surface area (TPSA) is 57.6 Å². The summed E-state index contributed by atoms with van der Waals surface area (Å²) in [6.07, 6.45) is 0.563. The molecule has 0 aliphatic heterocycles. The number of aliphatic carboxylic acids is 1. The predicted octanol–water partition coefficient (Wildman–Crippen LogP) is 2.45. The number of hydrogen-bond donors (Lipinski definition) is 1. The zero-order valence-electron chi connectivity index (χ0n) is 8.77. The van der Waals surface area contributed by atoms with Crippen molar-refractivity contribution in [2.24, 2.45) is 0 Å². The fourth-order valence-corrected chi connectivity index (χ4v) is 2.34. The smallest absolute Gasteiger partial charge is 0.303 e. The Morgan fingerprint density at radius 3 is 2.75 bits per heavy atom. The molecule has 0 bridgehead atoms. The Hall–Kier alpha value is -0.880. The molecule has 0 saturated heterocycles. The van der Waals surface area contributed by atoms with Crippen LogP contribution in [0, 0.1) is 0 Å². The number of carbonyl (C=O) groups is 2. The molecule has 1 N–H and O–H groups in total. The van der Waals surface area contributed by atoms with Crippen molar-refractivity contribution in [1.82, 2.24) is 4.90 Å². The van der Waals surface area contributed by atoms with Crippen molar-refractivity contribution >= 4 is 39.1 Å². The van der Waals surface area contributed by atoms with Crippen molar-refractivity contribution in [2.75, 3.05) is 13.6 Å². The Kier molecular flexibility index (Phi) is 4.95. The maximum Gasteiger partial charge on any atom is 0.303 e. The summed E-state index contributed by atoms with van der Waals surface area (Å²) in [5, 5.41) is 10.3. The number of carboxylic acid groups (broad SMARTS) is 1. The van der Waals surface area contributed by atoms with Crippen LogP contribution in [-0.2, 0) is 4.79 Å². The van der Waals surface area contributed by atoms with Crippen LogP contribution in [0.15, 0.2) is 15.2 Å². The summed E-state index contributed by atoms with van der Waals surface area (Å²) in [5.74, 6) is -0.911. The highest BCUT2D eigenvalue weighted by molar-refractivity contribution is 9.11. The van der Waals surface area contributed by atoms with E-state index in [9.17, 15) is 9.59 Å². The van der Waals surface area contributed by atoms with E-state index in [0.717, 1.165) is 3.79 Å². The van der Waals surface area contributed by atoms with E-state index >= 15 is 0 Å². The number of thiophene rings is 1. The molecule has 0 saturated carbocycles. The molecule has 88 valence electrons. The van der Waals surface area contributed by atoms with Crippen LogP contribution in [0.4, 0.5) is 0 Å². The van der Waals surface area contributed by atoms with E-state index < -0.39 is 5.97 Å². The van der Waals surface area contributed by atoms with Crippen molar-refractivity contribution in [3.8, 4) is 0 Å². The Bertz CT molecular complexity index is 391. The molecule has 1 aromatic rings. The van der Waals surface area contributed by atoms with Gasteiger partial charge in [-0.1, -0.05) is 0 Å². The maximum atomic E-state index is 11.8. The number of rotatable bonds is 5. The van der Waals surface area contributed by atoms with E-state index in [-0.39, 0.29) is 12.3 Å². The molecule has 0 unspecified atom stereocenters. The van der Waals surface area contributed by atoms with Crippen molar-refractivity contribution in [1.29, 1.82) is 0 Å². The molecule has 0 atom stereocenters. The average molecular weight is 306 g/mol. The van der Waals surface area contributed by atoms with E-state index in [0.29, 0.717) is 18.5 Å². The number of hydrogen-bond acceptors (Lipinski definition) is 3. The van der Waals surface area contributed by atoms with E-state index in [2.05, 4.69) is 15.9 Å². The maximum absolute atomic E-state index is 11.8. The SMILES string of the molecule is CN(CCCC(=O)O)C(=O)c1csc(Br)c1. The van der Waals surface area contributed by atoms with Crippen LogP contribution in [0.1, 0.15) is 23.2 Å². The normalized spacial score (nSPS) is 10.1. The number of nitrogens with zero attached hydrogens (tertiary/aromatic N) is 1. The molecule has 0 aliphatic rings. The second kappa shape index (κ2) is 6.00. The minimum absolute atomic E-state index is 0.0765. The monoisotopic (exact) mass is 305 g/mol. The first kappa shape index (κ1) is 13.2. The number of amides is 1. The lowest BCUT2D eigenvalue weighted by Gasteiger charge is -2.15. The summed E-state index contributed by atoms with van der Waals surface area (Å²) < 4.78 is 0.912. The van der Waals surface area contributed by atoms with Crippen LogP contribution in [0.25, 0.3) is 0 Å². The van der Waals surface area contributed by atoms with Crippen LogP contribution < -0.4 is 0 Å². The molecule has 1 heterocycles. The Balaban J connectivity index is 2.45. The van der Waals surface area contributed by atoms with Gasteiger partial charge < -0.3 is 10.0 Å². The van der Waals surface area contributed by atoms with Crippen LogP contribution in [0.3, 0.4) is 0 Å². The molecule has 6 heteroatoms. The summed E-state index contributed by atoms with van der Waals surface area (Å²) >= 11 is 4.75. The summed E-state index contributed by atoms with van der Waals surface area (Å²) in [6.45, 7) is 0.457. The third kappa shape index (κ3) is 3.94. The van der Waals surface area contributed by atoms with Crippen molar-refractivity contribution in [3.63, 3.8) is 0 Å². The molecular weight excluding hydrogens is 294 g/mol. The summed E-state index contributed by atoms with van der Waals surface area (Å²) in [4.78, 5) is 23.7. The quantitative estimate of drug-likeness (QED) is 0.909. The largest absolute Gasteiger partial charge is 0.481 e. The second-order valence-corrected chi connectivity index (χ2v) is 5.65. The highest BCUT2D eigenvalue weighted by Gasteiger charge is 2.13. The highest BCUT2D eigenvalue weighted by Crippen LogP contribution is 2.21. The van der Waals surface area contributed by atoms with Crippen LogP contribution in [-0.4, -0.2) is 35.5 Å². The number of carbonyl (C=O) groups excluding carboxylic acids is 1. The molecule has 4 nitrogen and oxygen atoms in total. The van der Waals surface area contributed by atoms with Crippen molar-refractivity contribution in [3.05, 3.63) is 20.8 Å². The van der Waals surface area contributed by atoms with Gasteiger partial charge >= 0.3 is 5.97 Å². The first-order chi connectivity index (χ1) is 7.50. The van der Waals surface area contributed by atoms with Crippen molar-refractivity contribution in [2.45, 2.75) is 12.8 Å². The molecule has 0 aliphatic carbocycles. The zero-order valence-corrected chi connectivity index (χ0v) is 11.2. The fourth-order valence-electron chi connectivity index (χ4n) is 1.21. The van der Waals surface area contributed by atoms with Gasteiger partial charge in [-0.2, -0.15) is 0 Å². The molecule has 16 heavy (non-hydrogen) atoms. The zero-order chi connectivity index (χ0) is 12.1. The van der Waals surface area contributed by atoms with Gasteiger partial charge in [0.25, 0.3) is 5.91 Å². The van der Waals surface area contributed by atoms with Gasteiger partial charge in [-0.15, -0.1) is 11.3 Å². The van der Waals surface area contributed by atoms with Gasteiger partial charge in [0, 0.05) is 25.4 Å². The van der Waals surface area contributed by atoms with Gasteiger partial charge in [0.2, 0.25) is 0 Å². The van der Waals surface area contributed by atoms with E-state index in [1.165, 1.54) is 16.2 Å². The molecule has 1 aromatic heterocycles. The number of carboxylic acids is 1. The molecule has 1 rings (SSSR count). The average Bonchev–Trinajstić information content (AvgIpc) is 2.63. The Labute approximate surface area is 106 Å². The highest BCUT2D eigenvalue weighted by atomic mass is 79.9. The third-order valence-electron chi connectivity index (χ3n) is 2.05. The number of halogens is 1. The van der Waals surface area contributed by atoms with Gasteiger partial charge in [-0.05, 0) is 28.4 Å². The lowest BCUT2D eigenvalue weighted by Crippen LogP contribution is -2.27. The first-order valence-corrected chi connectivity index (χ1v) is 6.39. The molecule has 0 aromatic carbocycles. The summed E-state index contributed by atoms with van der Waals surface area (Å²) in [6, 6.07) is 1.76. The van der Waals surface area contributed by atoms with Crippen LogP contribution >= 0.6 is 27.3 Å². The second-order valence-electron chi connectivity index (χ2n) is 3.36. The van der Waals surface area contributed by atoms with Gasteiger partial charge in [0.15, 0.2) is 0 Å². The first-order valence-electron chi connectivity index (χ1n) is 4.72. The van der Waals surface area contributed by atoms with Gasteiger partial charge in [-0.25, -0.2) is 0 Å². The lowest BCUT2D eigenvalue weighted by molar-refractivity contribution is -0.137.